The first-order chi connectivity index (χ1) is 10.6. The second-order valence-corrected chi connectivity index (χ2v) is 5.43. The molecule has 0 spiro atoms. The largest absolute Gasteiger partial charge is 0.507 e. The minimum absolute atomic E-state index is 0.0664. The smallest absolute Gasteiger partial charge is 0.341 e. The van der Waals surface area contributed by atoms with Gasteiger partial charge in [-0.25, -0.2) is 9.18 Å². The van der Waals surface area contributed by atoms with Gasteiger partial charge in [0.05, 0.1) is 7.11 Å². The third kappa shape index (κ3) is 4.14. The van der Waals surface area contributed by atoms with E-state index < -0.39 is 5.97 Å². The van der Waals surface area contributed by atoms with Gasteiger partial charge in [0.2, 0.25) is 0 Å². The van der Waals surface area contributed by atoms with Gasteiger partial charge in [-0.15, -0.1) is 11.8 Å². The van der Waals surface area contributed by atoms with E-state index >= 15 is 0 Å². The Bertz CT molecular complexity index is 660. The molecule has 0 aromatic heterocycles. The Morgan fingerprint density at radius 3 is 2.73 bits per heavy atom. The molecule has 0 fully saturated rings. The summed E-state index contributed by atoms with van der Waals surface area (Å²) in [6, 6.07) is 10.7. The first kappa shape index (κ1) is 16.2. The van der Waals surface area contributed by atoms with Crippen LogP contribution in [0.2, 0.25) is 0 Å². The molecule has 116 valence electrons. The number of methoxy groups -OCH3 is 1. The van der Waals surface area contributed by atoms with Gasteiger partial charge in [0.25, 0.3) is 0 Å². The van der Waals surface area contributed by atoms with Crippen LogP contribution in [-0.2, 0) is 4.74 Å². The van der Waals surface area contributed by atoms with Crippen LogP contribution in [0.25, 0.3) is 0 Å². The fourth-order valence-electron chi connectivity index (χ4n) is 1.74. The van der Waals surface area contributed by atoms with Crippen LogP contribution in [0.3, 0.4) is 0 Å². The molecule has 1 N–H and O–H groups in total. The van der Waals surface area contributed by atoms with Gasteiger partial charge in [0.15, 0.2) is 0 Å². The summed E-state index contributed by atoms with van der Waals surface area (Å²) >= 11 is 1.26. The molecule has 0 heterocycles. The number of phenolic OH excluding ortho intramolecular Hbond substituents is 1. The zero-order chi connectivity index (χ0) is 15.9. The van der Waals surface area contributed by atoms with Gasteiger partial charge >= 0.3 is 5.97 Å². The molecule has 0 saturated carbocycles. The van der Waals surface area contributed by atoms with E-state index in [-0.39, 0.29) is 23.7 Å². The maximum atomic E-state index is 13.4. The topological polar surface area (TPSA) is 55.8 Å². The molecule has 0 bridgehead atoms. The van der Waals surface area contributed by atoms with Gasteiger partial charge in [-0.1, -0.05) is 12.1 Å². The van der Waals surface area contributed by atoms with Crippen LogP contribution < -0.4 is 4.74 Å². The SMILES string of the molecule is COc1ccc(C(=O)OCCSc2ccccc2F)c(O)c1. The van der Waals surface area contributed by atoms with Crippen molar-refractivity contribution in [1.29, 1.82) is 0 Å². The van der Waals surface area contributed by atoms with E-state index in [0.717, 1.165) is 0 Å². The van der Waals surface area contributed by atoms with E-state index in [1.54, 1.807) is 24.3 Å². The number of ether oxygens (including phenoxy) is 2. The minimum Gasteiger partial charge on any atom is -0.507 e. The summed E-state index contributed by atoms with van der Waals surface area (Å²) in [5, 5.41) is 9.73. The number of hydrogen-bond donors (Lipinski definition) is 1. The molecule has 0 saturated heterocycles. The van der Waals surface area contributed by atoms with E-state index in [1.807, 2.05) is 0 Å². The Morgan fingerprint density at radius 2 is 2.05 bits per heavy atom. The van der Waals surface area contributed by atoms with Gasteiger partial charge < -0.3 is 14.6 Å². The van der Waals surface area contributed by atoms with Gasteiger partial charge in [-0.05, 0) is 24.3 Å². The number of benzene rings is 2. The van der Waals surface area contributed by atoms with Crippen molar-refractivity contribution in [2.24, 2.45) is 0 Å². The predicted molar refractivity (Wildman–Crippen MR) is 82.1 cm³/mol. The highest BCUT2D eigenvalue weighted by Gasteiger charge is 2.13. The van der Waals surface area contributed by atoms with Gasteiger partial charge in [0, 0.05) is 16.7 Å². The molecule has 0 aliphatic carbocycles. The van der Waals surface area contributed by atoms with E-state index in [9.17, 15) is 14.3 Å². The molecule has 2 aromatic carbocycles. The Morgan fingerprint density at radius 1 is 1.27 bits per heavy atom. The summed E-state index contributed by atoms with van der Waals surface area (Å²) in [5.74, 6) is -0.264. The van der Waals surface area contributed by atoms with Crippen molar-refractivity contribution >= 4 is 17.7 Å². The molecule has 2 rings (SSSR count). The lowest BCUT2D eigenvalue weighted by molar-refractivity contribution is 0.0527. The normalized spacial score (nSPS) is 10.3. The quantitative estimate of drug-likeness (QED) is 0.501. The standard InChI is InChI=1S/C16H15FO4S/c1-20-11-6-7-12(14(18)10-11)16(19)21-8-9-22-15-5-3-2-4-13(15)17/h2-7,10,18H,8-9H2,1H3. The van der Waals surface area contributed by atoms with Crippen LogP contribution in [-0.4, -0.2) is 30.5 Å². The lowest BCUT2D eigenvalue weighted by atomic mass is 10.2. The number of esters is 1. The second kappa shape index (κ2) is 7.70. The first-order valence-electron chi connectivity index (χ1n) is 6.53. The summed E-state index contributed by atoms with van der Waals surface area (Å²) in [4.78, 5) is 12.3. The van der Waals surface area contributed by atoms with Gasteiger partial charge in [0.1, 0.15) is 29.5 Å². The van der Waals surface area contributed by atoms with E-state index in [2.05, 4.69) is 0 Å². The molecule has 0 radical (unpaired) electrons. The monoisotopic (exact) mass is 322 g/mol. The molecule has 6 heteroatoms. The molecular weight excluding hydrogens is 307 g/mol. The minimum atomic E-state index is -0.630. The van der Waals surface area contributed by atoms with E-state index in [4.69, 9.17) is 9.47 Å². The molecule has 0 amide bonds. The third-order valence-corrected chi connectivity index (χ3v) is 3.85. The number of hydrogen-bond acceptors (Lipinski definition) is 5. The van der Waals surface area contributed by atoms with Crippen LogP contribution in [0.1, 0.15) is 10.4 Å². The highest BCUT2D eigenvalue weighted by molar-refractivity contribution is 7.99. The molecule has 0 aliphatic rings. The lowest BCUT2D eigenvalue weighted by Crippen LogP contribution is -2.08. The number of thioether (sulfide) groups is 1. The van der Waals surface area contributed by atoms with Crippen LogP contribution in [0.15, 0.2) is 47.4 Å². The average Bonchev–Trinajstić information content (AvgIpc) is 2.52. The fraction of sp³-hybridized carbons (Fsp3) is 0.188. The van der Waals surface area contributed by atoms with Crippen LogP contribution in [0.5, 0.6) is 11.5 Å². The van der Waals surface area contributed by atoms with Crippen molar-refractivity contribution in [3.05, 3.63) is 53.8 Å². The van der Waals surface area contributed by atoms with Crippen molar-refractivity contribution in [3.63, 3.8) is 0 Å². The number of rotatable bonds is 6. The van der Waals surface area contributed by atoms with E-state index in [1.165, 1.54) is 37.1 Å². The third-order valence-electron chi connectivity index (χ3n) is 2.84. The summed E-state index contributed by atoms with van der Waals surface area (Å²) in [6.45, 7) is 0.114. The maximum absolute atomic E-state index is 13.4. The lowest BCUT2D eigenvalue weighted by Gasteiger charge is -2.08. The Labute approximate surface area is 131 Å². The number of carbonyl (C=O) groups excluding carboxylic acids is 1. The van der Waals surface area contributed by atoms with Gasteiger partial charge in [-0.3, -0.25) is 0 Å². The summed E-state index contributed by atoms with van der Waals surface area (Å²) < 4.78 is 23.4. The molecule has 0 unspecified atom stereocenters. The molecule has 0 atom stereocenters. The van der Waals surface area contributed by atoms with Crippen molar-refractivity contribution in [2.75, 3.05) is 19.5 Å². The molecular formula is C16H15FO4S. The van der Waals surface area contributed by atoms with Gasteiger partial charge in [-0.2, -0.15) is 0 Å². The Kier molecular flexibility index (Phi) is 5.66. The number of carbonyl (C=O) groups is 1. The average molecular weight is 322 g/mol. The molecule has 4 nitrogen and oxygen atoms in total. The van der Waals surface area contributed by atoms with Crippen molar-refractivity contribution < 1.29 is 23.8 Å². The number of aromatic hydroxyl groups is 1. The highest BCUT2D eigenvalue weighted by atomic mass is 32.2. The van der Waals surface area contributed by atoms with Crippen LogP contribution >= 0.6 is 11.8 Å². The van der Waals surface area contributed by atoms with Crippen molar-refractivity contribution in [3.8, 4) is 11.5 Å². The Balaban J connectivity index is 1.84. The van der Waals surface area contributed by atoms with Crippen LogP contribution in [0.4, 0.5) is 4.39 Å². The van der Waals surface area contributed by atoms with E-state index in [0.29, 0.717) is 16.4 Å². The van der Waals surface area contributed by atoms with Crippen LogP contribution in [0, 0.1) is 5.82 Å². The molecule has 2 aromatic rings. The molecule has 0 aliphatic heterocycles. The van der Waals surface area contributed by atoms with Crippen molar-refractivity contribution in [2.45, 2.75) is 4.90 Å². The second-order valence-electron chi connectivity index (χ2n) is 4.30. The fourth-order valence-corrected chi connectivity index (χ4v) is 2.50. The maximum Gasteiger partial charge on any atom is 0.341 e. The Hall–Kier alpha value is -2.21. The molecule has 22 heavy (non-hydrogen) atoms. The number of phenols is 1. The predicted octanol–water partition coefficient (Wildman–Crippen LogP) is 3.49. The zero-order valence-corrected chi connectivity index (χ0v) is 12.7. The summed E-state index contributed by atoms with van der Waals surface area (Å²) in [5.41, 5.74) is 0.0664. The zero-order valence-electron chi connectivity index (χ0n) is 11.9. The highest BCUT2D eigenvalue weighted by Crippen LogP contribution is 2.24. The first-order valence-corrected chi connectivity index (χ1v) is 7.52. The summed E-state index contributed by atoms with van der Waals surface area (Å²) in [7, 11) is 1.46. The van der Waals surface area contributed by atoms with Crippen molar-refractivity contribution in [1.82, 2.24) is 0 Å². The summed E-state index contributed by atoms with van der Waals surface area (Å²) in [6.07, 6.45) is 0. The number of halogens is 1.